The van der Waals surface area contributed by atoms with Crippen LogP contribution < -0.4 is 0 Å². The number of aliphatic hydroxyl groups is 1. The third-order valence-corrected chi connectivity index (χ3v) is 2.26. The van der Waals surface area contributed by atoms with Crippen molar-refractivity contribution in [3.05, 3.63) is 11.9 Å². The highest BCUT2D eigenvalue weighted by Crippen LogP contribution is 2.42. The van der Waals surface area contributed by atoms with Crippen LogP contribution in [0.3, 0.4) is 0 Å². The summed E-state index contributed by atoms with van der Waals surface area (Å²) >= 11 is 0. The van der Waals surface area contributed by atoms with Gasteiger partial charge in [-0.2, -0.15) is 0 Å². The Labute approximate surface area is 73.8 Å². The number of hydrogen-bond donors (Lipinski definition) is 2. The molecule has 2 rings (SSSR count). The Morgan fingerprint density at radius 3 is 2.77 bits per heavy atom. The number of aliphatic carboxylic acids is 1. The summed E-state index contributed by atoms with van der Waals surface area (Å²) in [4.78, 5) is 10.8. The Kier molecular flexibility index (Phi) is 1.59. The summed E-state index contributed by atoms with van der Waals surface area (Å²) in [5.41, 5.74) is -0.493. The highest BCUT2D eigenvalue weighted by Gasteiger charge is 2.53. The second-order valence-electron chi connectivity index (χ2n) is 3.15. The van der Waals surface area contributed by atoms with E-state index in [9.17, 15) is 4.79 Å². The quantitative estimate of drug-likeness (QED) is 0.649. The van der Waals surface area contributed by atoms with Crippen molar-refractivity contribution in [3.63, 3.8) is 0 Å². The molecule has 0 spiro atoms. The molecule has 6 nitrogen and oxygen atoms in total. The first-order valence-electron chi connectivity index (χ1n) is 3.95. The average Bonchev–Trinajstić information content (AvgIpc) is 2.79. The SMILES string of the molecule is O=C(O)C1(n2cc(CO)nn2)CC1. The van der Waals surface area contributed by atoms with Gasteiger partial charge < -0.3 is 10.2 Å². The van der Waals surface area contributed by atoms with E-state index >= 15 is 0 Å². The van der Waals surface area contributed by atoms with Gasteiger partial charge >= 0.3 is 5.97 Å². The van der Waals surface area contributed by atoms with E-state index in [0.29, 0.717) is 18.5 Å². The first-order valence-corrected chi connectivity index (χ1v) is 3.95. The zero-order chi connectivity index (χ0) is 9.47. The van der Waals surface area contributed by atoms with Crippen LogP contribution in [0.25, 0.3) is 0 Å². The zero-order valence-corrected chi connectivity index (χ0v) is 6.84. The van der Waals surface area contributed by atoms with Crippen LogP contribution in [-0.4, -0.2) is 31.2 Å². The lowest BCUT2D eigenvalue weighted by Crippen LogP contribution is -2.27. The molecule has 1 saturated carbocycles. The molecule has 1 aliphatic rings. The Hall–Kier alpha value is -1.43. The summed E-state index contributed by atoms with van der Waals surface area (Å²) < 4.78 is 1.32. The van der Waals surface area contributed by atoms with Crippen LogP contribution in [0.5, 0.6) is 0 Å². The van der Waals surface area contributed by atoms with E-state index in [1.165, 1.54) is 10.9 Å². The fourth-order valence-electron chi connectivity index (χ4n) is 1.24. The maximum Gasteiger partial charge on any atom is 0.331 e. The van der Waals surface area contributed by atoms with Crippen molar-refractivity contribution in [2.75, 3.05) is 0 Å². The third-order valence-electron chi connectivity index (χ3n) is 2.26. The smallest absolute Gasteiger partial charge is 0.331 e. The van der Waals surface area contributed by atoms with Crippen LogP contribution in [0.2, 0.25) is 0 Å². The summed E-state index contributed by atoms with van der Waals surface area (Å²) in [7, 11) is 0. The molecule has 0 aromatic carbocycles. The molecule has 6 heteroatoms. The van der Waals surface area contributed by atoms with Crippen LogP contribution in [-0.2, 0) is 16.9 Å². The van der Waals surface area contributed by atoms with Gasteiger partial charge in [-0.05, 0) is 12.8 Å². The monoisotopic (exact) mass is 183 g/mol. The second-order valence-corrected chi connectivity index (χ2v) is 3.15. The highest BCUT2D eigenvalue weighted by atomic mass is 16.4. The van der Waals surface area contributed by atoms with Crippen LogP contribution in [0, 0.1) is 0 Å². The van der Waals surface area contributed by atoms with Gasteiger partial charge in [-0.25, -0.2) is 9.48 Å². The molecular formula is C7H9N3O3. The van der Waals surface area contributed by atoms with Crippen molar-refractivity contribution in [3.8, 4) is 0 Å². The van der Waals surface area contributed by atoms with Crippen LogP contribution in [0.1, 0.15) is 18.5 Å². The fourth-order valence-corrected chi connectivity index (χ4v) is 1.24. The summed E-state index contributed by atoms with van der Waals surface area (Å²) in [5.74, 6) is -0.887. The molecule has 0 bridgehead atoms. The van der Waals surface area contributed by atoms with Crippen LogP contribution in [0.15, 0.2) is 6.20 Å². The highest BCUT2D eigenvalue weighted by molar-refractivity contribution is 5.79. The number of aliphatic hydroxyl groups excluding tert-OH is 1. The van der Waals surface area contributed by atoms with Gasteiger partial charge in [-0.3, -0.25) is 0 Å². The molecule has 0 amide bonds. The van der Waals surface area contributed by atoms with Crippen molar-refractivity contribution in [1.82, 2.24) is 15.0 Å². The number of carboxylic acid groups (broad SMARTS) is 1. The number of nitrogens with zero attached hydrogens (tertiary/aromatic N) is 3. The number of carbonyl (C=O) groups is 1. The first-order chi connectivity index (χ1) is 6.19. The van der Waals surface area contributed by atoms with Gasteiger partial charge in [-0.1, -0.05) is 5.21 Å². The zero-order valence-electron chi connectivity index (χ0n) is 6.84. The Balaban J connectivity index is 2.30. The number of carboxylic acids is 1. The lowest BCUT2D eigenvalue weighted by molar-refractivity contribution is -0.142. The predicted molar refractivity (Wildman–Crippen MR) is 40.8 cm³/mol. The number of aromatic nitrogens is 3. The van der Waals surface area contributed by atoms with E-state index in [-0.39, 0.29) is 6.61 Å². The number of rotatable bonds is 3. The third kappa shape index (κ3) is 1.10. The van der Waals surface area contributed by atoms with E-state index in [1.807, 2.05) is 0 Å². The molecule has 0 atom stereocenters. The van der Waals surface area contributed by atoms with Gasteiger partial charge in [0.05, 0.1) is 12.8 Å². The van der Waals surface area contributed by atoms with Gasteiger partial charge in [0.15, 0.2) is 5.54 Å². The van der Waals surface area contributed by atoms with Crippen molar-refractivity contribution >= 4 is 5.97 Å². The van der Waals surface area contributed by atoms with Gasteiger partial charge in [0.2, 0.25) is 0 Å². The van der Waals surface area contributed by atoms with E-state index in [4.69, 9.17) is 10.2 Å². The fraction of sp³-hybridized carbons (Fsp3) is 0.571. The summed E-state index contributed by atoms with van der Waals surface area (Å²) in [6.07, 6.45) is 2.63. The summed E-state index contributed by atoms with van der Waals surface area (Å²) in [6, 6.07) is 0. The Morgan fingerprint density at radius 2 is 2.38 bits per heavy atom. The van der Waals surface area contributed by atoms with Crippen molar-refractivity contribution in [2.24, 2.45) is 0 Å². The summed E-state index contributed by atoms with van der Waals surface area (Å²) in [6.45, 7) is -0.213. The molecule has 1 fully saturated rings. The van der Waals surface area contributed by atoms with Crippen molar-refractivity contribution < 1.29 is 15.0 Å². The Morgan fingerprint density at radius 1 is 1.69 bits per heavy atom. The minimum atomic E-state index is -0.888. The minimum Gasteiger partial charge on any atom is -0.479 e. The molecule has 0 aliphatic heterocycles. The summed E-state index contributed by atoms with van der Waals surface area (Å²) in [5, 5.41) is 24.9. The Bertz CT molecular complexity index is 343. The molecule has 0 radical (unpaired) electrons. The van der Waals surface area contributed by atoms with Crippen LogP contribution >= 0.6 is 0 Å². The van der Waals surface area contributed by atoms with E-state index in [1.54, 1.807) is 0 Å². The van der Waals surface area contributed by atoms with Crippen LogP contribution in [0.4, 0.5) is 0 Å². The largest absolute Gasteiger partial charge is 0.479 e. The molecular weight excluding hydrogens is 174 g/mol. The first kappa shape index (κ1) is 8.18. The molecule has 0 saturated heterocycles. The van der Waals surface area contributed by atoms with E-state index < -0.39 is 11.5 Å². The van der Waals surface area contributed by atoms with Gasteiger partial charge in [0, 0.05) is 0 Å². The molecule has 0 unspecified atom stereocenters. The van der Waals surface area contributed by atoms with Crippen molar-refractivity contribution in [1.29, 1.82) is 0 Å². The van der Waals surface area contributed by atoms with E-state index in [0.717, 1.165) is 0 Å². The lowest BCUT2D eigenvalue weighted by Gasteiger charge is -2.07. The standard InChI is InChI=1S/C7H9N3O3/c11-4-5-3-10(9-8-5)7(1-2-7)6(12)13/h3,11H,1-2,4H2,(H,12,13). The van der Waals surface area contributed by atoms with Crippen molar-refractivity contribution in [2.45, 2.75) is 25.0 Å². The predicted octanol–water partition coefficient (Wildman–Crippen LogP) is -0.656. The maximum atomic E-state index is 10.8. The normalized spacial score (nSPS) is 18.5. The lowest BCUT2D eigenvalue weighted by atomic mass is 10.3. The molecule has 13 heavy (non-hydrogen) atoms. The molecule has 70 valence electrons. The van der Waals surface area contributed by atoms with Gasteiger partial charge in [-0.15, -0.1) is 5.10 Å². The molecule has 2 N–H and O–H groups in total. The minimum absolute atomic E-state index is 0.213. The molecule has 1 aliphatic carbocycles. The average molecular weight is 183 g/mol. The molecule has 1 aromatic heterocycles. The number of hydrogen-bond acceptors (Lipinski definition) is 4. The van der Waals surface area contributed by atoms with Gasteiger partial charge in [0.25, 0.3) is 0 Å². The van der Waals surface area contributed by atoms with E-state index in [2.05, 4.69) is 10.3 Å². The molecule has 1 heterocycles. The second kappa shape index (κ2) is 2.53. The maximum absolute atomic E-state index is 10.8. The molecule has 1 aromatic rings. The van der Waals surface area contributed by atoms with Gasteiger partial charge in [0.1, 0.15) is 5.69 Å². The topological polar surface area (TPSA) is 88.2 Å².